The van der Waals surface area contributed by atoms with E-state index in [4.69, 9.17) is 5.73 Å². The molecule has 0 aliphatic heterocycles. The number of H-pyrrole nitrogens is 1. The smallest absolute Gasteiger partial charge is 0.150 e. The first-order chi connectivity index (χ1) is 8.88. The zero-order valence-corrected chi connectivity index (χ0v) is 10.6. The minimum absolute atomic E-state index is 0.692. The van der Waals surface area contributed by atoms with Crippen molar-refractivity contribution >= 4 is 0 Å². The quantitative estimate of drug-likeness (QED) is 0.781. The van der Waals surface area contributed by atoms with Crippen molar-refractivity contribution < 1.29 is 0 Å². The van der Waals surface area contributed by atoms with E-state index >= 15 is 0 Å². The maximum absolute atomic E-state index is 5.46. The molecule has 4 nitrogen and oxygen atoms in total. The maximum atomic E-state index is 5.46. The van der Waals surface area contributed by atoms with Crippen LogP contribution < -0.4 is 5.73 Å². The Morgan fingerprint density at radius 1 is 1.00 bits per heavy atom. The van der Waals surface area contributed by atoms with Crippen LogP contribution in [0.5, 0.6) is 0 Å². The fourth-order valence-corrected chi connectivity index (χ4v) is 1.92. The molecule has 4 heteroatoms. The van der Waals surface area contributed by atoms with Crippen LogP contribution >= 0.6 is 0 Å². The van der Waals surface area contributed by atoms with Gasteiger partial charge in [0.05, 0.1) is 0 Å². The Labute approximate surface area is 108 Å². The predicted molar refractivity (Wildman–Crippen MR) is 72.2 cm³/mol. The molecule has 0 amide bonds. The summed E-state index contributed by atoms with van der Waals surface area (Å²) < 4.78 is 0. The van der Waals surface area contributed by atoms with Crippen LogP contribution in [-0.2, 0) is 19.3 Å². The first-order valence-corrected chi connectivity index (χ1v) is 6.52. The highest BCUT2D eigenvalue weighted by molar-refractivity contribution is 5.14. The number of hydrogen-bond acceptors (Lipinski definition) is 3. The minimum atomic E-state index is 0.692. The summed E-state index contributed by atoms with van der Waals surface area (Å²) in [5.41, 5.74) is 6.84. The van der Waals surface area contributed by atoms with E-state index in [9.17, 15) is 0 Å². The second kappa shape index (κ2) is 6.91. The van der Waals surface area contributed by atoms with Crippen molar-refractivity contribution in [3.8, 4) is 0 Å². The van der Waals surface area contributed by atoms with Crippen molar-refractivity contribution in [2.75, 3.05) is 6.54 Å². The molecule has 1 heterocycles. The summed E-state index contributed by atoms with van der Waals surface area (Å²) in [5.74, 6) is 1.87. The Balaban J connectivity index is 1.75. The first-order valence-electron chi connectivity index (χ1n) is 6.52. The average Bonchev–Trinajstić information content (AvgIpc) is 2.85. The highest BCUT2D eigenvalue weighted by Crippen LogP contribution is 2.06. The predicted octanol–water partition coefficient (Wildman–Crippen LogP) is 1.87. The average molecular weight is 244 g/mol. The van der Waals surface area contributed by atoms with E-state index in [1.165, 1.54) is 5.56 Å². The lowest BCUT2D eigenvalue weighted by atomic mass is 10.1. The van der Waals surface area contributed by atoms with Gasteiger partial charge in [-0.2, -0.15) is 5.10 Å². The van der Waals surface area contributed by atoms with Gasteiger partial charge in [-0.05, 0) is 31.4 Å². The lowest BCUT2D eigenvalue weighted by Gasteiger charge is -1.98. The van der Waals surface area contributed by atoms with E-state index in [0.717, 1.165) is 43.8 Å². The molecule has 1 aromatic heterocycles. The third-order valence-electron chi connectivity index (χ3n) is 2.90. The zero-order chi connectivity index (χ0) is 12.6. The molecule has 2 aromatic rings. The lowest BCUT2D eigenvalue weighted by molar-refractivity contribution is 0.771. The maximum Gasteiger partial charge on any atom is 0.150 e. The fourth-order valence-electron chi connectivity index (χ4n) is 1.92. The fraction of sp³-hybridized carbons (Fsp3) is 0.429. The lowest BCUT2D eigenvalue weighted by Crippen LogP contribution is -2.01. The minimum Gasteiger partial charge on any atom is -0.330 e. The Kier molecular flexibility index (Phi) is 4.90. The Morgan fingerprint density at radius 3 is 2.61 bits per heavy atom. The summed E-state index contributed by atoms with van der Waals surface area (Å²) in [6.45, 7) is 0.692. The van der Waals surface area contributed by atoms with Gasteiger partial charge in [0, 0.05) is 12.8 Å². The molecule has 0 saturated carbocycles. The van der Waals surface area contributed by atoms with Gasteiger partial charge in [0.1, 0.15) is 5.82 Å². The number of nitrogens with two attached hydrogens (primary N) is 1. The molecule has 0 fully saturated rings. The second-order valence-corrected chi connectivity index (χ2v) is 4.43. The summed E-state index contributed by atoms with van der Waals surface area (Å²) in [6, 6.07) is 10.5. The number of nitrogens with one attached hydrogen (secondary N) is 1. The normalized spacial score (nSPS) is 10.7. The summed E-state index contributed by atoms with van der Waals surface area (Å²) in [6.07, 6.45) is 4.94. The number of aromatic nitrogens is 3. The summed E-state index contributed by atoms with van der Waals surface area (Å²) >= 11 is 0. The van der Waals surface area contributed by atoms with Crippen LogP contribution in [0.25, 0.3) is 0 Å². The molecule has 0 spiro atoms. The van der Waals surface area contributed by atoms with Gasteiger partial charge < -0.3 is 5.73 Å². The summed E-state index contributed by atoms with van der Waals surface area (Å²) in [4.78, 5) is 4.46. The van der Waals surface area contributed by atoms with E-state index < -0.39 is 0 Å². The van der Waals surface area contributed by atoms with Gasteiger partial charge in [0.2, 0.25) is 0 Å². The number of aromatic amines is 1. The van der Waals surface area contributed by atoms with Crippen LogP contribution in [0.3, 0.4) is 0 Å². The third kappa shape index (κ3) is 3.96. The molecule has 3 N–H and O–H groups in total. The van der Waals surface area contributed by atoms with Crippen LogP contribution in [-0.4, -0.2) is 21.7 Å². The van der Waals surface area contributed by atoms with E-state index in [-0.39, 0.29) is 0 Å². The van der Waals surface area contributed by atoms with Gasteiger partial charge in [-0.3, -0.25) is 5.10 Å². The molecule has 96 valence electrons. The van der Waals surface area contributed by atoms with Crippen molar-refractivity contribution in [3.63, 3.8) is 0 Å². The van der Waals surface area contributed by atoms with Crippen molar-refractivity contribution in [2.45, 2.75) is 32.1 Å². The van der Waals surface area contributed by atoms with E-state index in [1.54, 1.807) is 0 Å². The molecule has 0 aliphatic rings. The molecule has 0 bridgehead atoms. The van der Waals surface area contributed by atoms with Crippen LogP contribution in [0.4, 0.5) is 0 Å². The highest BCUT2D eigenvalue weighted by atomic mass is 15.2. The van der Waals surface area contributed by atoms with E-state index in [1.807, 2.05) is 6.07 Å². The van der Waals surface area contributed by atoms with Crippen molar-refractivity contribution in [1.82, 2.24) is 15.2 Å². The van der Waals surface area contributed by atoms with E-state index in [0.29, 0.717) is 6.54 Å². The van der Waals surface area contributed by atoms with Crippen molar-refractivity contribution in [2.24, 2.45) is 5.73 Å². The molecule has 0 atom stereocenters. The highest BCUT2D eigenvalue weighted by Gasteiger charge is 2.02. The number of rotatable bonds is 7. The van der Waals surface area contributed by atoms with Crippen LogP contribution in [0, 0.1) is 0 Å². The third-order valence-corrected chi connectivity index (χ3v) is 2.90. The molecule has 0 saturated heterocycles. The number of benzene rings is 1. The zero-order valence-electron chi connectivity index (χ0n) is 10.6. The van der Waals surface area contributed by atoms with Gasteiger partial charge >= 0.3 is 0 Å². The molecular weight excluding hydrogens is 224 g/mol. The van der Waals surface area contributed by atoms with Crippen molar-refractivity contribution in [1.29, 1.82) is 0 Å². The monoisotopic (exact) mass is 244 g/mol. The summed E-state index contributed by atoms with van der Waals surface area (Å²) in [5, 5.41) is 7.19. The SMILES string of the molecule is NCCCc1n[nH]c(CCCc2ccccc2)n1. The molecule has 0 aliphatic carbocycles. The number of hydrogen-bond donors (Lipinski definition) is 2. The number of aryl methyl sites for hydroxylation is 3. The summed E-state index contributed by atoms with van der Waals surface area (Å²) in [7, 11) is 0. The van der Waals surface area contributed by atoms with Crippen LogP contribution in [0.2, 0.25) is 0 Å². The van der Waals surface area contributed by atoms with Gasteiger partial charge in [0.25, 0.3) is 0 Å². The molecule has 1 aromatic carbocycles. The topological polar surface area (TPSA) is 67.6 Å². The Bertz CT molecular complexity index is 450. The van der Waals surface area contributed by atoms with Gasteiger partial charge in [-0.25, -0.2) is 4.98 Å². The number of nitrogens with zero attached hydrogens (tertiary/aromatic N) is 2. The largest absolute Gasteiger partial charge is 0.330 e. The van der Waals surface area contributed by atoms with Gasteiger partial charge in [0.15, 0.2) is 5.82 Å². The van der Waals surface area contributed by atoms with Gasteiger partial charge in [-0.15, -0.1) is 0 Å². The van der Waals surface area contributed by atoms with E-state index in [2.05, 4.69) is 39.4 Å². The molecule has 2 rings (SSSR count). The van der Waals surface area contributed by atoms with Crippen molar-refractivity contribution in [3.05, 3.63) is 47.5 Å². The van der Waals surface area contributed by atoms with Crippen LogP contribution in [0.1, 0.15) is 30.1 Å². The Hall–Kier alpha value is -1.68. The molecule has 0 unspecified atom stereocenters. The standard InChI is InChI=1S/C14H20N4/c15-11-5-10-14-16-13(17-18-14)9-4-8-12-6-2-1-3-7-12/h1-3,6-7H,4-5,8-11,15H2,(H,16,17,18). The Morgan fingerprint density at radius 2 is 1.83 bits per heavy atom. The molecule has 0 radical (unpaired) electrons. The van der Waals surface area contributed by atoms with Crippen LogP contribution in [0.15, 0.2) is 30.3 Å². The first kappa shape index (κ1) is 12.8. The second-order valence-electron chi connectivity index (χ2n) is 4.43. The molecule has 18 heavy (non-hydrogen) atoms. The molecular formula is C14H20N4. The van der Waals surface area contributed by atoms with Gasteiger partial charge in [-0.1, -0.05) is 30.3 Å².